The van der Waals surface area contributed by atoms with E-state index in [-0.39, 0.29) is 58.6 Å². The van der Waals surface area contributed by atoms with Crippen LogP contribution in [-0.4, -0.2) is 36.0 Å². The van der Waals surface area contributed by atoms with Crippen molar-refractivity contribution in [3.8, 4) is 5.75 Å². The van der Waals surface area contributed by atoms with Crippen LogP contribution in [0.5, 0.6) is 5.75 Å². The minimum absolute atomic E-state index is 0.0113. The highest BCUT2D eigenvalue weighted by molar-refractivity contribution is 6.55. The standard InChI is InChI=1S/C17H6Cl7NO5/c18-5-3-6(19)14(7(20)4-5)30-17(28)29-2-1-25-15(26)8-9(16(25)27)11(22)13(24)12(23)10(8)21/h3-4H,1-2H2. The lowest BCUT2D eigenvalue weighted by Gasteiger charge is -2.14. The third-order valence-corrected chi connectivity index (χ3v) is 6.45. The average Bonchev–Trinajstić information content (AvgIpc) is 2.92. The molecule has 0 bridgehead atoms. The maximum absolute atomic E-state index is 12.6. The van der Waals surface area contributed by atoms with E-state index in [0.717, 1.165) is 4.90 Å². The summed E-state index contributed by atoms with van der Waals surface area (Å²) in [5, 5.41) is -0.480. The van der Waals surface area contributed by atoms with Gasteiger partial charge in [-0.05, 0) is 12.1 Å². The van der Waals surface area contributed by atoms with Crippen molar-refractivity contribution in [3.05, 3.63) is 58.4 Å². The summed E-state index contributed by atoms with van der Waals surface area (Å²) in [4.78, 5) is 37.8. The number of hydrogen-bond donors (Lipinski definition) is 0. The molecule has 2 aromatic rings. The minimum Gasteiger partial charge on any atom is -0.432 e. The lowest BCUT2D eigenvalue weighted by atomic mass is 10.1. The van der Waals surface area contributed by atoms with E-state index in [9.17, 15) is 14.4 Å². The molecular formula is C17H6Cl7NO5. The molecular weight excluding hydrogens is 546 g/mol. The first-order valence-corrected chi connectivity index (χ1v) is 10.4. The molecule has 158 valence electrons. The van der Waals surface area contributed by atoms with Gasteiger partial charge in [0.25, 0.3) is 11.8 Å². The van der Waals surface area contributed by atoms with E-state index in [0.29, 0.717) is 0 Å². The SMILES string of the molecule is O=C(OCCN1C(=O)c2c(Cl)c(Cl)c(Cl)c(Cl)c2C1=O)Oc1c(Cl)cc(Cl)cc1Cl. The zero-order valence-corrected chi connectivity index (χ0v) is 19.5. The summed E-state index contributed by atoms with van der Waals surface area (Å²) in [6.07, 6.45) is -1.17. The van der Waals surface area contributed by atoms with Crippen molar-refractivity contribution >= 4 is 99.2 Å². The molecule has 1 heterocycles. The Morgan fingerprint density at radius 2 is 1.27 bits per heavy atom. The molecule has 6 nitrogen and oxygen atoms in total. The Kier molecular flexibility index (Phi) is 7.19. The monoisotopic (exact) mass is 549 g/mol. The molecule has 0 saturated heterocycles. The predicted octanol–water partition coefficient (Wildman–Crippen LogP) is 7.07. The minimum atomic E-state index is -1.17. The van der Waals surface area contributed by atoms with Crippen molar-refractivity contribution < 1.29 is 23.9 Å². The van der Waals surface area contributed by atoms with E-state index in [2.05, 4.69) is 0 Å². The third-order valence-electron chi connectivity index (χ3n) is 3.87. The van der Waals surface area contributed by atoms with E-state index >= 15 is 0 Å². The second-order valence-electron chi connectivity index (χ2n) is 5.67. The van der Waals surface area contributed by atoms with Crippen molar-refractivity contribution in [1.29, 1.82) is 0 Å². The van der Waals surface area contributed by atoms with Gasteiger partial charge in [0.1, 0.15) is 6.61 Å². The largest absolute Gasteiger partial charge is 0.514 e. The Hall–Kier alpha value is -1.12. The summed E-state index contributed by atoms with van der Waals surface area (Å²) in [5.74, 6) is -1.68. The Morgan fingerprint density at radius 3 is 1.73 bits per heavy atom. The van der Waals surface area contributed by atoms with Crippen LogP contribution in [0.25, 0.3) is 0 Å². The molecule has 0 N–H and O–H groups in total. The third kappa shape index (κ3) is 4.28. The number of benzene rings is 2. The Labute approximate surface area is 204 Å². The van der Waals surface area contributed by atoms with Gasteiger partial charge in [0.05, 0.1) is 47.8 Å². The van der Waals surface area contributed by atoms with Gasteiger partial charge in [-0.15, -0.1) is 0 Å². The maximum atomic E-state index is 12.6. The number of amides is 2. The molecule has 30 heavy (non-hydrogen) atoms. The molecule has 1 aliphatic heterocycles. The summed E-state index contributed by atoms with van der Waals surface area (Å²) in [7, 11) is 0. The molecule has 0 spiro atoms. The van der Waals surface area contributed by atoms with Crippen molar-refractivity contribution in [3.63, 3.8) is 0 Å². The Morgan fingerprint density at radius 1 is 0.800 bits per heavy atom. The highest BCUT2D eigenvalue weighted by Crippen LogP contribution is 2.44. The van der Waals surface area contributed by atoms with E-state index in [1.165, 1.54) is 12.1 Å². The van der Waals surface area contributed by atoms with Crippen LogP contribution in [-0.2, 0) is 4.74 Å². The molecule has 0 aliphatic carbocycles. The second kappa shape index (κ2) is 9.17. The van der Waals surface area contributed by atoms with Crippen LogP contribution in [0.4, 0.5) is 4.79 Å². The number of carbonyl (C=O) groups excluding carboxylic acids is 3. The van der Waals surface area contributed by atoms with Gasteiger partial charge in [-0.3, -0.25) is 14.5 Å². The molecule has 0 unspecified atom stereocenters. The highest BCUT2D eigenvalue weighted by atomic mass is 35.5. The number of nitrogens with zero attached hydrogens (tertiary/aromatic N) is 1. The number of ether oxygens (including phenoxy) is 2. The number of carbonyl (C=O) groups is 3. The molecule has 0 aromatic heterocycles. The summed E-state index contributed by atoms with van der Waals surface area (Å²) in [5.41, 5.74) is -0.355. The van der Waals surface area contributed by atoms with Crippen molar-refractivity contribution in [1.82, 2.24) is 4.90 Å². The highest BCUT2D eigenvalue weighted by Gasteiger charge is 2.41. The quantitative estimate of drug-likeness (QED) is 0.133. The molecule has 1 aliphatic rings. The van der Waals surface area contributed by atoms with Gasteiger partial charge in [-0.25, -0.2) is 4.79 Å². The lowest BCUT2D eigenvalue weighted by molar-refractivity contribution is 0.0563. The molecule has 0 atom stereocenters. The van der Waals surface area contributed by atoms with Crippen LogP contribution in [0, 0.1) is 0 Å². The molecule has 3 rings (SSSR count). The zero-order chi connectivity index (χ0) is 22.3. The molecule has 0 fully saturated rings. The second-order valence-corrected chi connectivity index (χ2v) is 8.43. The molecule has 2 aromatic carbocycles. The van der Waals surface area contributed by atoms with E-state index in [4.69, 9.17) is 90.7 Å². The molecule has 13 heteroatoms. The van der Waals surface area contributed by atoms with E-state index < -0.39 is 24.6 Å². The van der Waals surface area contributed by atoms with Crippen molar-refractivity contribution in [2.45, 2.75) is 0 Å². The van der Waals surface area contributed by atoms with E-state index in [1.807, 2.05) is 0 Å². The summed E-state index contributed by atoms with van der Waals surface area (Å²) in [6, 6.07) is 2.64. The van der Waals surface area contributed by atoms with Crippen LogP contribution in [0.15, 0.2) is 12.1 Å². The molecule has 0 saturated carbocycles. The zero-order valence-electron chi connectivity index (χ0n) is 14.2. The van der Waals surface area contributed by atoms with Gasteiger partial charge in [0.2, 0.25) is 0 Å². The van der Waals surface area contributed by atoms with Crippen LogP contribution in [0.2, 0.25) is 35.2 Å². The fourth-order valence-corrected chi connectivity index (χ4v) is 4.47. The summed E-state index contributed by atoms with van der Waals surface area (Å²) in [6.45, 7) is -0.713. The van der Waals surface area contributed by atoms with Crippen molar-refractivity contribution in [2.24, 2.45) is 0 Å². The molecule has 2 amide bonds. The van der Waals surface area contributed by atoms with Gasteiger partial charge in [-0.1, -0.05) is 81.2 Å². The maximum Gasteiger partial charge on any atom is 0.514 e. The Bertz CT molecular complexity index is 1030. The first-order chi connectivity index (χ1) is 14.0. The number of hydrogen-bond acceptors (Lipinski definition) is 5. The number of rotatable bonds is 4. The van der Waals surface area contributed by atoms with Gasteiger partial charge in [0.15, 0.2) is 5.75 Å². The fraction of sp³-hybridized carbons (Fsp3) is 0.118. The van der Waals surface area contributed by atoms with Gasteiger partial charge in [-0.2, -0.15) is 0 Å². The summed E-state index contributed by atoms with van der Waals surface area (Å²) < 4.78 is 9.81. The van der Waals surface area contributed by atoms with Gasteiger partial charge in [0, 0.05) is 5.02 Å². The van der Waals surface area contributed by atoms with E-state index in [1.54, 1.807) is 0 Å². The first kappa shape index (κ1) is 23.5. The first-order valence-electron chi connectivity index (χ1n) is 7.75. The number of fused-ring (bicyclic) bond motifs is 1. The number of imide groups is 1. The van der Waals surface area contributed by atoms with Crippen LogP contribution < -0.4 is 4.74 Å². The van der Waals surface area contributed by atoms with Crippen LogP contribution in [0.1, 0.15) is 20.7 Å². The van der Waals surface area contributed by atoms with Crippen LogP contribution >= 0.6 is 81.2 Å². The average molecular weight is 552 g/mol. The van der Waals surface area contributed by atoms with Crippen LogP contribution in [0.3, 0.4) is 0 Å². The van der Waals surface area contributed by atoms with Gasteiger partial charge < -0.3 is 9.47 Å². The smallest absolute Gasteiger partial charge is 0.432 e. The topological polar surface area (TPSA) is 72.9 Å². The lowest BCUT2D eigenvalue weighted by Crippen LogP contribution is -2.33. The summed E-state index contributed by atoms with van der Waals surface area (Å²) >= 11 is 41.6. The normalized spacial score (nSPS) is 13.0. The van der Waals surface area contributed by atoms with Crippen molar-refractivity contribution in [2.75, 3.05) is 13.2 Å². The fourth-order valence-electron chi connectivity index (χ4n) is 2.56. The van der Waals surface area contributed by atoms with Gasteiger partial charge >= 0.3 is 6.16 Å². The predicted molar refractivity (Wildman–Crippen MR) is 115 cm³/mol. The molecule has 0 radical (unpaired) electrons. The number of halogens is 7. The Balaban J connectivity index is 1.68.